The highest BCUT2D eigenvalue weighted by molar-refractivity contribution is 5.87. The van der Waals surface area contributed by atoms with Crippen LogP contribution in [0.2, 0.25) is 0 Å². The number of rotatable bonds is 3. The van der Waals surface area contributed by atoms with Gasteiger partial charge in [-0.1, -0.05) is 0 Å². The number of esters is 1. The van der Waals surface area contributed by atoms with Crippen molar-refractivity contribution in [2.75, 3.05) is 0 Å². The number of benzene rings is 1. The van der Waals surface area contributed by atoms with Gasteiger partial charge in [0.05, 0.1) is 0 Å². The summed E-state index contributed by atoms with van der Waals surface area (Å²) in [5.74, 6) is 0.245. The summed E-state index contributed by atoms with van der Waals surface area (Å²) in [5, 5.41) is 0.818. The molecule has 0 saturated heterocycles. The van der Waals surface area contributed by atoms with Gasteiger partial charge in [-0.2, -0.15) is 0 Å². The molecule has 0 amide bonds. The number of hydrogen-bond donors (Lipinski definition) is 0. The Balaban J connectivity index is 1.66. The number of aryl methyl sites for hydroxylation is 3. The Kier molecular flexibility index (Phi) is 3.49. The Morgan fingerprint density at radius 3 is 2.67 bits per heavy atom. The van der Waals surface area contributed by atoms with Gasteiger partial charge in [0.25, 0.3) is 0 Å². The van der Waals surface area contributed by atoms with Gasteiger partial charge < -0.3 is 13.6 Å². The smallest absolute Gasteiger partial charge is 0.374 e. The number of carbonyl (C=O) groups excluding carboxylic acids is 1. The van der Waals surface area contributed by atoms with Crippen molar-refractivity contribution in [1.29, 1.82) is 0 Å². The van der Waals surface area contributed by atoms with E-state index >= 15 is 0 Å². The predicted octanol–water partition coefficient (Wildman–Crippen LogP) is 3.54. The van der Waals surface area contributed by atoms with E-state index in [4.69, 9.17) is 13.6 Å². The normalized spacial score (nSPS) is 13.2. The molecule has 3 aromatic rings. The Hall–Kier alpha value is -2.82. The van der Waals surface area contributed by atoms with E-state index in [-0.39, 0.29) is 12.4 Å². The van der Waals surface area contributed by atoms with E-state index in [1.165, 1.54) is 17.2 Å². The van der Waals surface area contributed by atoms with Crippen molar-refractivity contribution < 1.29 is 18.4 Å². The maximum Gasteiger partial charge on any atom is 0.374 e. The Morgan fingerprint density at radius 2 is 1.92 bits per heavy atom. The minimum Gasteiger partial charge on any atom is -0.455 e. The van der Waals surface area contributed by atoms with E-state index in [0.717, 1.165) is 24.6 Å². The molecule has 1 aliphatic carbocycles. The third-order valence-corrected chi connectivity index (χ3v) is 4.34. The largest absolute Gasteiger partial charge is 0.455 e. The van der Waals surface area contributed by atoms with Gasteiger partial charge in [-0.3, -0.25) is 0 Å². The van der Waals surface area contributed by atoms with Gasteiger partial charge in [0.1, 0.15) is 18.0 Å². The van der Waals surface area contributed by atoms with Crippen LogP contribution in [0.1, 0.15) is 39.4 Å². The second kappa shape index (κ2) is 5.67. The average molecular weight is 324 g/mol. The predicted molar refractivity (Wildman–Crippen MR) is 87.1 cm³/mol. The van der Waals surface area contributed by atoms with E-state index in [9.17, 15) is 9.59 Å². The molecule has 0 radical (unpaired) electrons. The molecule has 0 unspecified atom stereocenters. The van der Waals surface area contributed by atoms with Gasteiger partial charge in [0.15, 0.2) is 0 Å². The van der Waals surface area contributed by atoms with E-state index < -0.39 is 11.6 Å². The summed E-state index contributed by atoms with van der Waals surface area (Å²) in [6, 6.07) is 8.62. The minimum absolute atomic E-state index is 0.000528. The fraction of sp³-hybridized carbons (Fsp3) is 0.263. The maximum absolute atomic E-state index is 12.0. The van der Waals surface area contributed by atoms with Crippen molar-refractivity contribution in [3.05, 3.63) is 69.0 Å². The summed E-state index contributed by atoms with van der Waals surface area (Å²) in [5.41, 5.74) is 3.24. The molecule has 0 saturated carbocycles. The fourth-order valence-electron chi connectivity index (χ4n) is 3.17. The van der Waals surface area contributed by atoms with E-state index in [0.29, 0.717) is 16.9 Å². The lowest BCUT2D eigenvalue weighted by Gasteiger charge is -2.08. The van der Waals surface area contributed by atoms with Gasteiger partial charge in [0.2, 0.25) is 5.76 Å². The summed E-state index contributed by atoms with van der Waals surface area (Å²) in [6.45, 7) is 1.76. The topological polar surface area (TPSA) is 69.7 Å². The molecular formula is C19H16O5. The fourth-order valence-corrected chi connectivity index (χ4v) is 3.17. The van der Waals surface area contributed by atoms with Gasteiger partial charge in [-0.05, 0) is 61.6 Å². The van der Waals surface area contributed by atoms with Crippen LogP contribution in [0, 0.1) is 6.92 Å². The van der Waals surface area contributed by atoms with Crippen molar-refractivity contribution in [3.8, 4) is 0 Å². The molecule has 0 spiro atoms. The zero-order chi connectivity index (χ0) is 16.7. The quantitative estimate of drug-likeness (QED) is 0.544. The summed E-state index contributed by atoms with van der Waals surface area (Å²) < 4.78 is 15.9. The molecule has 0 atom stereocenters. The van der Waals surface area contributed by atoms with Crippen LogP contribution in [-0.2, 0) is 24.2 Å². The number of carbonyl (C=O) groups is 1. The second-order valence-electron chi connectivity index (χ2n) is 6.05. The van der Waals surface area contributed by atoms with Crippen molar-refractivity contribution in [3.63, 3.8) is 0 Å². The van der Waals surface area contributed by atoms with Crippen molar-refractivity contribution in [2.24, 2.45) is 0 Å². The van der Waals surface area contributed by atoms with Crippen LogP contribution in [0.5, 0.6) is 0 Å². The molecule has 122 valence electrons. The zero-order valence-corrected chi connectivity index (χ0v) is 13.3. The highest BCUT2D eigenvalue weighted by Gasteiger charge is 2.17. The molecule has 0 N–H and O–H groups in total. The Bertz CT molecular complexity index is 993. The monoisotopic (exact) mass is 324 g/mol. The molecule has 1 aliphatic rings. The van der Waals surface area contributed by atoms with Crippen molar-refractivity contribution in [2.45, 2.75) is 32.8 Å². The zero-order valence-electron chi connectivity index (χ0n) is 13.3. The maximum atomic E-state index is 12.0. The second-order valence-corrected chi connectivity index (χ2v) is 6.05. The average Bonchev–Trinajstić information content (AvgIpc) is 3.18. The first-order valence-electron chi connectivity index (χ1n) is 7.92. The van der Waals surface area contributed by atoms with E-state index in [1.807, 2.05) is 12.1 Å². The number of hydrogen-bond acceptors (Lipinski definition) is 5. The van der Waals surface area contributed by atoms with Gasteiger partial charge in [0, 0.05) is 17.0 Å². The van der Waals surface area contributed by atoms with Crippen molar-refractivity contribution in [1.82, 2.24) is 0 Å². The van der Waals surface area contributed by atoms with Crippen LogP contribution in [-0.4, -0.2) is 5.97 Å². The molecule has 0 bridgehead atoms. The first kappa shape index (κ1) is 14.8. The molecule has 0 fully saturated rings. The van der Waals surface area contributed by atoms with Crippen LogP contribution in [0.25, 0.3) is 11.0 Å². The van der Waals surface area contributed by atoms with Gasteiger partial charge in [-0.15, -0.1) is 0 Å². The molecule has 2 heterocycles. The summed E-state index contributed by atoms with van der Waals surface area (Å²) >= 11 is 0. The van der Waals surface area contributed by atoms with Crippen LogP contribution in [0.15, 0.2) is 44.0 Å². The molecule has 2 aromatic heterocycles. The highest BCUT2D eigenvalue weighted by Crippen LogP contribution is 2.28. The number of furan rings is 1. The lowest BCUT2D eigenvalue weighted by molar-refractivity contribution is 0.0436. The molecule has 4 rings (SSSR count). The standard InChI is InChI=1S/C19H16O5/c1-11-5-6-16(23-11)19(21)22-10-14-9-18(20)24-17-8-13-4-2-3-12(13)7-15(14)17/h5-9H,2-4,10H2,1H3. The molecule has 5 heteroatoms. The third-order valence-electron chi connectivity index (χ3n) is 4.34. The lowest BCUT2D eigenvalue weighted by atomic mass is 10.0. The number of fused-ring (bicyclic) bond motifs is 2. The summed E-state index contributed by atoms with van der Waals surface area (Å²) in [7, 11) is 0. The first-order chi connectivity index (χ1) is 11.6. The summed E-state index contributed by atoms with van der Waals surface area (Å²) in [4.78, 5) is 23.8. The van der Waals surface area contributed by atoms with E-state index in [2.05, 4.69) is 0 Å². The number of ether oxygens (including phenoxy) is 1. The van der Waals surface area contributed by atoms with Crippen LogP contribution < -0.4 is 5.63 Å². The Labute approximate surface area is 137 Å². The lowest BCUT2D eigenvalue weighted by Crippen LogP contribution is -2.07. The van der Waals surface area contributed by atoms with E-state index in [1.54, 1.807) is 19.1 Å². The first-order valence-corrected chi connectivity index (χ1v) is 7.92. The minimum atomic E-state index is -0.550. The van der Waals surface area contributed by atoms with Gasteiger partial charge >= 0.3 is 11.6 Å². The highest BCUT2D eigenvalue weighted by atomic mass is 16.5. The molecule has 5 nitrogen and oxygen atoms in total. The summed E-state index contributed by atoms with van der Waals surface area (Å²) in [6.07, 6.45) is 3.14. The van der Waals surface area contributed by atoms with Crippen LogP contribution in [0.4, 0.5) is 0 Å². The third kappa shape index (κ3) is 2.62. The van der Waals surface area contributed by atoms with Gasteiger partial charge in [-0.25, -0.2) is 9.59 Å². The SMILES string of the molecule is Cc1ccc(C(=O)OCc2cc(=O)oc3cc4c(cc23)CCC4)o1. The Morgan fingerprint density at radius 1 is 1.12 bits per heavy atom. The molecule has 0 aliphatic heterocycles. The van der Waals surface area contributed by atoms with Crippen LogP contribution in [0.3, 0.4) is 0 Å². The molecule has 1 aromatic carbocycles. The molecule has 24 heavy (non-hydrogen) atoms. The molecular weight excluding hydrogens is 308 g/mol. The van der Waals surface area contributed by atoms with Crippen molar-refractivity contribution >= 4 is 16.9 Å². The van der Waals surface area contributed by atoms with Crippen LogP contribution >= 0.6 is 0 Å².